The van der Waals surface area contributed by atoms with Crippen LogP contribution in [0.3, 0.4) is 0 Å². The number of nitrogens with zero attached hydrogens (tertiary/aromatic N) is 2. The van der Waals surface area contributed by atoms with Gasteiger partial charge in [0.15, 0.2) is 0 Å². The molecule has 0 aromatic heterocycles. The van der Waals surface area contributed by atoms with Gasteiger partial charge in [-0.3, -0.25) is 9.59 Å². The van der Waals surface area contributed by atoms with Crippen molar-refractivity contribution in [3.63, 3.8) is 0 Å². The summed E-state index contributed by atoms with van der Waals surface area (Å²) in [5.41, 5.74) is -1.64. The number of likely N-dealkylation sites (tertiary alicyclic amines) is 1. The Morgan fingerprint density at radius 1 is 1.48 bits per heavy atom. The minimum absolute atomic E-state index is 0.0271. The molecule has 2 atom stereocenters. The molecule has 1 aromatic carbocycles. The Morgan fingerprint density at radius 2 is 2.16 bits per heavy atom. The molecule has 2 amide bonds. The molecule has 0 radical (unpaired) electrons. The number of rotatable bonds is 6. The fraction of sp³-hybridized carbons (Fsp3) is 0.529. The van der Waals surface area contributed by atoms with E-state index < -0.39 is 23.2 Å². The Kier molecular flexibility index (Phi) is 6.03. The molecule has 1 fully saturated rings. The molecule has 2 N–H and O–H groups in total. The summed E-state index contributed by atoms with van der Waals surface area (Å²) < 4.78 is 13.3. The van der Waals surface area contributed by atoms with Gasteiger partial charge in [-0.25, -0.2) is 4.39 Å². The van der Waals surface area contributed by atoms with Crippen LogP contribution in [0.25, 0.3) is 0 Å². The SMILES string of the molecule is CC(CN(C)C)N1CC[C@](O)(C(=O)NCc2cc(F)cc(Cl)c2)C1=O. The number of likely N-dealkylation sites (N-methyl/N-ethyl adjacent to an activating group) is 1. The topological polar surface area (TPSA) is 72.9 Å². The van der Waals surface area contributed by atoms with Crippen LogP contribution in [0.2, 0.25) is 5.02 Å². The second-order valence-corrected chi connectivity index (χ2v) is 7.12. The molecular weight excluding hydrogens is 349 g/mol. The Morgan fingerprint density at radius 3 is 2.76 bits per heavy atom. The minimum Gasteiger partial charge on any atom is -0.372 e. The fourth-order valence-corrected chi connectivity index (χ4v) is 3.27. The predicted octanol–water partition coefficient (Wildman–Crippen LogP) is 1.01. The summed E-state index contributed by atoms with van der Waals surface area (Å²) in [6.07, 6.45) is 0.0271. The van der Waals surface area contributed by atoms with Crippen molar-refractivity contribution in [2.24, 2.45) is 0 Å². The zero-order valence-electron chi connectivity index (χ0n) is 14.6. The zero-order chi connectivity index (χ0) is 18.8. The van der Waals surface area contributed by atoms with Gasteiger partial charge in [0, 0.05) is 37.1 Å². The summed E-state index contributed by atoms with van der Waals surface area (Å²) in [6.45, 7) is 2.78. The molecule has 0 spiro atoms. The van der Waals surface area contributed by atoms with Gasteiger partial charge in [0.1, 0.15) is 5.82 Å². The summed E-state index contributed by atoms with van der Waals surface area (Å²) in [5.74, 6) is -1.90. The first-order chi connectivity index (χ1) is 11.6. The Hall–Kier alpha value is -1.70. The Bertz CT molecular complexity index is 650. The van der Waals surface area contributed by atoms with E-state index in [0.717, 1.165) is 6.07 Å². The van der Waals surface area contributed by atoms with Crippen molar-refractivity contribution in [1.82, 2.24) is 15.1 Å². The van der Waals surface area contributed by atoms with Crippen LogP contribution in [-0.2, 0) is 16.1 Å². The van der Waals surface area contributed by atoms with Crippen molar-refractivity contribution in [1.29, 1.82) is 0 Å². The second-order valence-electron chi connectivity index (χ2n) is 6.68. The van der Waals surface area contributed by atoms with E-state index in [2.05, 4.69) is 5.32 Å². The normalized spacial score (nSPS) is 21.7. The maximum atomic E-state index is 13.3. The molecule has 25 heavy (non-hydrogen) atoms. The molecule has 2 rings (SSSR count). The predicted molar refractivity (Wildman–Crippen MR) is 92.6 cm³/mol. The molecule has 8 heteroatoms. The third-order valence-electron chi connectivity index (χ3n) is 4.24. The number of halogens is 2. The maximum absolute atomic E-state index is 13.3. The molecule has 1 heterocycles. The molecule has 1 aromatic rings. The average molecular weight is 372 g/mol. The minimum atomic E-state index is -2.09. The summed E-state index contributed by atoms with van der Waals surface area (Å²) in [6, 6.07) is 3.78. The van der Waals surface area contributed by atoms with Crippen LogP contribution in [0, 0.1) is 5.82 Å². The third kappa shape index (κ3) is 4.48. The van der Waals surface area contributed by atoms with Gasteiger partial charge in [-0.15, -0.1) is 0 Å². The van der Waals surface area contributed by atoms with Crippen LogP contribution in [0.5, 0.6) is 0 Å². The highest BCUT2D eigenvalue weighted by atomic mass is 35.5. The van der Waals surface area contributed by atoms with Crippen LogP contribution in [0.1, 0.15) is 18.9 Å². The standard InChI is InChI=1S/C17H23ClFN3O3/c1-11(10-21(2)3)22-5-4-17(25,16(22)24)15(23)20-9-12-6-13(18)8-14(19)7-12/h6-8,11,25H,4-5,9-10H2,1-3H3,(H,20,23)/t11?,17-/m0/s1. The smallest absolute Gasteiger partial charge is 0.264 e. The number of amides is 2. The van der Waals surface area contributed by atoms with E-state index in [4.69, 9.17) is 11.6 Å². The van der Waals surface area contributed by atoms with Crippen LogP contribution in [0.15, 0.2) is 18.2 Å². The van der Waals surface area contributed by atoms with E-state index in [0.29, 0.717) is 18.7 Å². The lowest BCUT2D eigenvalue weighted by molar-refractivity contribution is -0.155. The largest absolute Gasteiger partial charge is 0.372 e. The lowest BCUT2D eigenvalue weighted by Gasteiger charge is -2.28. The second kappa shape index (κ2) is 7.68. The van der Waals surface area contributed by atoms with Gasteiger partial charge in [0.05, 0.1) is 0 Å². The van der Waals surface area contributed by atoms with Crippen LogP contribution in [0.4, 0.5) is 4.39 Å². The molecule has 0 saturated carbocycles. The third-order valence-corrected chi connectivity index (χ3v) is 4.46. The van der Waals surface area contributed by atoms with Crippen molar-refractivity contribution in [3.05, 3.63) is 34.6 Å². The van der Waals surface area contributed by atoms with Gasteiger partial charge in [-0.05, 0) is 44.8 Å². The summed E-state index contributed by atoms with van der Waals surface area (Å²) in [5, 5.41) is 13.3. The molecule has 1 aliphatic rings. The highest BCUT2D eigenvalue weighted by Gasteiger charge is 2.52. The van der Waals surface area contributed by atoms with E-state index in [9.17, 15) is 19.1 Å². The molecule has 1 saturated heterocycles. The Balaban J connectivity index is 2.02. The fourth-order valence-electron chi connectivity index (χ4n) is 3.03. The quantitative estimate of drug-likeness (QED) is 0.732. The molecule has 1 unspecified atom stereocenters. The van der Waals surface area contributed by atoms with Crippen LogP contribution >= 0.6 is 11.6 Å². The molecule has 0 bridgehead atoms. The van der Waals surface area contributed by atoms with Crippen molar-refractivity contribution < 1.29 is 19.1 Å². The van der Waals surface area contributed by atoms with Gasteiger partial charge in [-0.2, -0.15) is 0 Å². The van der Waals surface area contributed by atoms with E-state index in [-0.39, 0.29) is 24.0 Å². The zero-order valence-corrected chi connectivity index (χ0v) is 15.3. The van der Waals surface area contributed by atoms with E-state index in [1.54, 1.807) is 0 Å². The molecule has 1 aliphatic heterocycles. The van der Waals surface area contributed by atoms with Crippen molar-refractivity contribution in [2.75, 3.05) is 27.2 Å². The number of benzene rings is 1. The molecular formula is C17H23ClFN3O3. The number of carbonyl (C=O) groups is 2. The number of carbonyl (C=O) groups excluding carboxylic acids is 2. The first kappa shape index (κ1) is 19.6. The number of nitrogens with one attached hydrogen (secondary N) is 1. The average Bonchev–Trinajstić information content (AvgIpc) is 2.80. The highest BCUT2D eigenvalue weighted by Crippen LogP contribution is 2.25. The first-order valence-corrected chi connectivity index (χ1v) is 8.42. The highest BCUT2D eigenvalue weighted by molar-refractivity contribution is 6.30. The lowest BCUT2D eigenvalue weighted by Crippen LogP contribution is -2.54. The monoisotopic (exact) mass is 371 g/mol. The van der Waals surface area contributed by atoms with Crippen LogP contribution in [-0.4, -0.2) is 65.5 Å². The van der Waals surface area contributed by atoms with Gasteiger partial charge < -0.3 is 20.2 Å². The van der Waals surface area contributed by atoms with Crippen LogP contribution < -0.4 is 5.32 Å². The van der Waals surface area contributed by atoms with E-state index in [1.165, 1.54) is 17.0 Å². The maximum Gasteiger partial charge on any atom is 0.264 e. The summed E-state index contributed by atoms with van der Waals surface area (Å²) >= 11 is 5.77. The molecule has 138 valence electrons. The van der Waals surface area contributed by atoms with Crippen molar-refractivity contribution >= 4 is 23.4 Å². The number of hydrogen-bond donors (Lipinski definition) is 2. The van der Waals surface area contributed by atoms with Gasteiger partial charge in [0.25, 0.3) is 11.8 Å². The van der Waals surface area contributed by atoms with Crippen molar-refractivity contribution in [2.45, 2.75) is 31.5 Å². The molecule has 6 nitrogen and oxygen atoms in total. The summed E-state index contributed by atoms with van der Waals surface area (Å²) in [4.78, 5) is 28.3. The first-order valence-electron chi connectivity index (χ1n) is 8.05. The number of aliphatic hydroxyl groups is 1. The molecule has 0 aliphatic carbocycles. The van der Waals surface area contributed by atoms with Gasteiger partial charge in [-0.1, -0.05) is 11.6 Å². The van der Waals surface area contributed by atoms with Gasteiger partial charge >= 0.3 is 0 Å². The summed E-state index contributed by atoms with van der Waals surface area (Å²) in [7, 11) is 3.78. The van der Waals surface area contributed by atoms with E-state index >= 15 is 0 Å². The lowest BCUT2D eigenvalue weighted by atomic mass is 10.0. The Labute approximate surface area is 151 Å². The van der Waals surface area contributed by atoms with E-state index in [1.807, 2.05) is 25.9 Å². The van der Waals surface area contributed by atoms with Gasteiger partial charge in [0.2, 0.25) is 5.60 Å². The number of hydrogen-bond acceptors (Lipinski definition) is 4. The van der Waals surface area contributed by atoms with Crippen molar-refractivity contribution in [3.8, 4) is 0 Å².